The molecule has 0 bridgehead atoms. The number of carbonyl (C=O) groups is 2. The number of nitrogens with zero attached hydrogens (tertiary/aromatic N) is 1. The van der Waals surface area contributed by atoms with E-state index in [1.54, 1.807) is 4.90 Å². The number of aliphatic carboxylic acids is 1. The molecule has 21 heavy (non-hydrogen) atoms. The van der Waals surface area contributed by atoms with E-state index in [0.29, 0.717) is 45.5 Å². The van der Waals surface area contributed by atoms with Gasteiger partial charge in [0.25, 0.3) is 0 Å². The normalized spacial score (nSPS) is 19.1. The Morgan fingerprint density at radius 3 is 2.43 bits per heavy atom. The largest absolute Gasteiger partial charge is 0.481 e. The molecule has 0 aromatic heterocycles. The molecule has 0 spiro atoms. The van der Waals surface area contributed by atoms with Gasteiger partial charge in [0.05, 0.1) is 11.5 Å². The van der Waals surface area contributed by atoms with Gasteiger partial charge in [-0.2, -0.15) is 0 Å². The minimum absolute atomic E-state index is 0.0121. The van der Waals surface area contributed by atoms with Gasteiger partial charge in [-0.25, -0.2) is 4.79 Å². The molecule has 1 unspecified atom stereocenters. The Hall–Kier alpha value is -1.30. The minimum atomic E-state index is -0.727. The summed E-state index contributed by atoms with van der Waals surface area (Å²) in [5, 5.41) is 12.3. The molecule has 0 saturated carbocycles. The number of hydrogen-bond acceptors (Lipinski definition) is 3. The summed E-state index contributed by atoms with van der Waals surface area (Å²) in [6.07, 6.45) is 2.58. The molecule has 6 nitrogen and oxygen atoms in total. The molecule has 1 atom stereocenters. The third-order valence-electron chi connectivity index (χ3n) is 4.18. The van der Waals surface area contributed by atoms with Gasteiger partial charge in [-0.1, -0.05) is 13.3 Å². The molecule has 0 aromatic rings. The van der Waals surface area contributed by atoms with Crippen LogP contribution in [-0.4, -0.2) is 54.4 Å². The molecule has 1 fully saturated rings. The van der Waals surface area contributed by atoms with Gasteiger partial charge < -0.3 is 20.1 Å². The molecule has 1 saturated heterocycles. The topological polar surface area (TPSA) is 78.9 Å². The van der Waals surface area contributed by atoms with Gasteiger partial charge in [0.15, 0.2) is 0 Å². The minimum Gasteiger partial charge on any atom is -0.481 e. The van der Waals surface area contributed by atoms with Crippen molar-refractivity contribution in [1.82, 2.24) is 10.2 Å². The second-order valence-corrected chi connectivity index (χ2v) is 5.77. The third-order valence-corrected chi connectivity index (χ3v) is 4.18. The summed E-state index contributed by atoms with van der Waals surface area (Å²) >= 11 is 0. The number of carboxylic acids is 1. The van der Waals surface area contributed by atoms with Crippen molar-refractivity contribution in [1.29, 1.82) is 0 Å². The smallest absolute Gasteiger partial charge is 0.317 e. The SMILES string of the molecule is CCCC1(C(=O)O)CCN(C(=O)NCC(C)OCC)CC1. The van der Waals surface area contributed by atoms with Crippen LogP contribution in [0.4, 0.5) is 4.79 Å². The number of hydrogen-bond donors (Lipinski definition) is 2. The summed E-state index contributed by atoms with van der Waals surface area (Å²) in [5.74, 6) is -0.727. The number of rotatable bonds is 7. The standard InChI is InChI=1S/C15H28N2O4/c1-4-6-15(13(18)19)7-9-17(10-8-15)14(20)16-11-12(3)21-5-2/h12H,4-11H2,1-3H3,(H,16,20)(H,18,19). The first-order valence-electron chi connectivity index (χ1n) is 7.83. The van der Waals surface area contributed by atoms with Gasteiger partial charge in [-0.05, 0) is 33.1 Å². The van der Waals surface area contributed by atoms with E-state index >= 15 is 0 Å². The number of carboxylic acid groups (broad SMARTS) is 1. The van der Waals surface area contributed by atoms with Gasteiger partial charge in [-0.15, -0.1) is 0 Å². The van der Waals surface area contributed by atoms with Gasteiger partial charge in [0.2, 0.25) is 0 Å². The Labute approximate surface area is 126 Å². The van der Waals surface area contributed by atoms with E-state index in [2.05, 4.69) is 5.32 Å². The summed E-state index contributed by atoms with van der Waals surface area (Å²) in [4.78, 5) is 25.3. The first-order chi connectivity index (χ1) is 9.95. The van der Waals surface area contributed by atoms with Crippen LogP contribution in [0, 0.1) is 5.41 Å². The number of piperidine rings is 1. The average Bonchev–Trinajstić information content (AvgIpc) is 2.46. The van der Waals surface area contributed by atoms with Crippen LogP contribution in [0.2, 0.25) is 0 Å². The zero-order valence-electron chi connectivity index (χ0n) is 13.4. The molecule has 0 aromatic carbocycles. The Bertz CT molecular complexity index is 352. The molecule has 6 heteroatoms. The summed E-state index contributed by atoms with van der Waals surface area (Å²) in [6, 6.07) is -0.128. The first kappa shape index (κ1) is 17.8. The lowest BCUT2D eigenvalue weighted by Gasteiger charge is -2.38. The molecule has 1 aliphatic heterocycles. The molecular formula is C15H28N2O4. The number of likely N-dealkylation sites (tertiary alicyclic amines) is 1. The maximum absolute atomic E-state index is 12.1. The van der Waals surface area contributed by atoms with Crippen LogP contribution in [0.1, 0.15) is 46.5 Å². The van der Waals surface area contributed by atoms with Crippen LogP contribution in [0.5, 0.6) is 0 Å². The summed E-state index contributed by atoms with van der Waals surface area (Å²) in [7, 11) is 0. The maximum Gasteiger partial charge on any atom is 0.317 e. The Morgan fingerprint density at radius 2 is 1.95 bits per heavy atom. The predicted molar refractivity (Wildman–Crippen MR) is 80.3 cm³/mol. The molecule has 0 aliphatic carbocycles. The van der Waals surface area contributed by atoms with Crippen molar-refractivity contribution in [2.45, 2.75) is 52.6 Å². The maximum atomic E-state index is 12.1. The van der Waals surface area contributed by atoms with Crippen molar-refractivity contribution in [3.05, 3.63) is 0 Å². The van der Waals surface area contributed by atoms with Crippen molar-refractivity contribution in [3.8, 4) is 0 Å². The van der Waals surface area contributed by atoms with Crippen LogP contribution >= 0.6 is 0 Å². The Morgan fingerprint density at radius 1 is 1.33 bits per heavy atom. The average molecular weight is 300 g/mol. The fraction of sp³-hybridized carbons (Fsp3) is 0.867. The second-order valence-electron chi connectivity index (χ2n) is 5.77. The van der Waals surface area contributed by atoms with Crippen LogP contribution < -0.4 is 5.32 Å². The van der Waals surface area contributed by atoms with Crippen molar-refractivity contribution >= 4 is 12.0 Å². The Kier molecular flexibility index (Phi) is 6.95. The van der Waals surface area contributed by atoms with E-state index in [9.17, 15) is 14.7 Å². The zero-order valence-corrected chi connectivity index (χ0v) is 13.4. The lowest BCUT2D eigenvalue weighted by molar-refractivity contribution is -0.152. The van der Waals surface area contributed by atoms with Crippen LogP contribution in [0.3, 0.4) is 0 Å². The molecule has 1 aliphatic rings. The molecule has 2 amide bonds. The molecule has 0 radical (unpaired) electrons. The number of amides is 2. The number of ether oxygens (including phenoxy) is 1. The van der Waals surface area contributed by atoms with E-state index in [0.717, 1.165) is 6.42 Å². The molecule has 2 N–H and O–H groups in total. The second kappa shape index (κ2) is 8.22. The summed E-state index contributed by atoms with van der Waals surface area (Å²) in [6.45, 7) is 7.93. The van der Waals surface area contributed by atoms with Crippen molar-refractivity contribution in [2.24, 2.45) is 5.41 Å². The fourth-order valence-corrected chi connectivity index (χ4v) is 2.87. The third kappa shape index (κ3) is 4.88. The highest BCUT2D eigenvalue weighted by atomic mass is 16.5. The highest BCUT2D eigenvalue weighted by Gasteiger charge is 2.41. The molecule has 1 rings (SSSR count). The van der Waals surface area contributed by atoms with Crippen molar-refractivity contribution < 1.29 is 19.4 Å². The van der Waals surface area contributed by atoms with Gasteiger partial charge in [0, 0.05) is 26.2 Å². The van der Waals surface area contributed by atoms with E-state index < -0.39 is 11.4 Å². The predicted octanol–water partition coefficient (Wildman–Crippen LogP) is 2.09. The lowest BCUT2D eigenvalue weighted by Crippen LogP contribution is -2.50. The lowest BCUT2D eigenvalue weighted by atomic mass is 9.75. The van der Waals surface area contributed by atoms with E-state index in [1.165, 1.54) is 0 Å². The van der Waals surface area contributed by atoms with Gasteiger partial charge in [-0.3, -0.25) is 4.79 Å². The Balaban J connectivity index is 2.44. The quantitative estimate of drug-likeness (QED) is 0.754. The fourth-order valence-electron chi connectivity index (χ4n) is 2.87. The van der Waals surface area contributed by atoms with E-state index in [4.69, 9.17) is 4.74 Å². The van der Waals surface area contributed by atoms with Crippen LogP contribution in [0.15, 0.2) is 0 Å². The number of nitrogens with one attached hydrogen (secondary N) is 1. The molecule has 122 valence electrons. The zero-order chi connectivity index (χ0) is 15.9. The van der Waals surface area contributed by atoms with E-state index in [1.807, 2.05) is 20.8 Å². The van der Waals surface area contributed by atoms with Gasteiger partial charge >= 0.3 is 12.0 Å². The molecular weight excluding hydrogens is 272 g/mol. The summed E-state index contributed by atoms with van der Waals surface area (Å²) in [5.41, 5.74) is -0.649. The van der Waals surface area contributed by atoms with Crippen molar-refractivity contribution in [3.63, 3.8) is 0 Å². The van der Waals surface area contributed by atoms with E-state index in [-0.39, 0.29) is 12.1 Å². The van der Waals surface area contributed by atoms with Crippen LogP contribution in [-0.2, 0) is 9.53 Å². The highest BCUT2D eigenvalue weighted by molar-refractivity contribution is 5.77. The summed E-state index contributed by atoms with van der Waals surface area (Å²) < 4.78 is 5.37. The monoisotopic (exact) mass is 300 g/mol. The van der Waals surface area contributed by atoms with Crippen LogP contribution in [0.25, 0.3) is 0 Å². The van der Waals surface area contributed by atoms with Gasteiger partial charge in [0.1, 0.15) is 0 Å². The first-order valence-corrected chi connectivity index (χ1v) is 7.83. The number of urea groups is 1. The number of carbonyl (C=O) groups excluding carboxylic acids is 1. The molecule has 1 heterocycles. The van der Waals surface area contributed by atoms with Crippen molar-refractivity contribution in [2.75, 3.05) is 26.2 Å². The highest BCUT2D eigenvalue weighted by Crippen LogP contribution is 2.36.